The first-order chi connectivity index (χ1) is 12.4. The van der Waals surface area contributed by atoms with Gasteiger partial charge < -0.3 is 9.73 Å². The molecule has 1 amide bonds. The highest BCUT2D eigenvalue weighted by Crippen LogP contribution is 2.29. The van der Waals surface area contributed by atoms with Crippen LogP contribution in [0.25, 0.3) is 11.1 Å². The molecule has 0 radical (unpaired) electrons. The Morgan fingerprint density at radius 3 is 3.00 bits per heavy atom. The van der Waals surface area contributed by atoms with Crippen molar-refractivity contribution in [1.29, 1.82) is 0 Å². The number of hydrogen-bond acceptors (Lipinski definition) is 6. The van der Waals surface area contributed by atoms with E-state index in [9.17, 15) is 13.2 Å². The third kappa shape index (κ3) is 3.02. The Morgan fingerprint density at radius 2 is 2.23 bits per heavy atom. The number of rotatable bonds is 4. The van der Waals surface area contributed by atoms with Crippen molar-refractivity contribution in [1.82, 2.24) is 9.29 Å². The molecule has 1 aliphatic heterocycles. The number of carbonyl (C=O) groups is 1. The van der Waals surface area contributed by atoms with Crippen LogP contribution in [0.1, 0.15) is 18.7 Å². The van der Waals surface area contributed by atoms with Crippen molar-refractivity contribution in [2.24, 2.45) is 0 Å². The topological polar surface area (TPSA) is 92.5 Å². The fourth-order valence-electron chi connectivity index (χ4n) is 3.16. The van der Waals surface area contributed by atoms with E-state index < -0.39 is 16.1 Å². The number of aryl methyl sites for hydroxylation is 1. The van der Waals surface area contributed by atoms with Gasteiger partial charge in [-0.1, -0.05) is 6.07 Å². The maximum Gasteiger partial charge on any atom is 0.253 e. The van der Waals surface area contributed by atoms with Crippen molar-refractivity contribution < 1.29 is 17.6 Å². The highest BCUT2D eigenvalue weighted by atomic mass is 32.2. The number of fused-ring (bicyclic) bond motifs is 1. The first-order valence-corrected chi connectivity index (χ1v) is 10.5. The zero-order valence-electron chi connectivity index (χ0n) is 14.0. The highest BCUT2D eigenvalue weighted by Gasteiger charge is 2.39. The Kier molecular flexibility index (Phi) is 4.29. The van der Waals surface area contributed by atoms with Gasteiger partial charge in [-0.25, -0.2) is 13.4 Å². The Morgan fingerprint density at radius 1 is 1.38 bits per heavy atom. The molecule has 1 fully saturated rings. The second-order valence-corrected chi connectivity index (χ2v) is 9.18. The molecule has 3 heterocycles. The number of carbonyl (C=O) groups excluding carboxylic acids is 1. The van der Waals surface area contributed by atoms with Gasteiger partial charge in [0.2, 0.25) is 5.91 Å². The number of aromatic nitrogens is 1. The summed E-state index contributed by atoms with van der Waals surface area (Å²) in [7, 11) is -3.65. The van der Waals surface area contributed by atoms with Crippen LogP contribution in [0.3, 0.4) is 0 Å². The summed E-state index contributed by atoms with van der Waals surface area (Å²) in [4.78, 5) is 16.9. The molecule has 1 N–H and O–H groups in total. The molecule has 1 aromatic carbocycles. The van der Waals surface area contributed by atoms with Gasteiger partial charge in [-0.05, 0) is 36.4 Å². The molecule has 1 aliphatic rings. The van der Waals surface area contributed by atoms with Gasteiger partial charge >= 0.3 is 0 Å². The molecule has 0 aliphatic carbocycles. The zero-order chi connectivity index (χ0) is 18.3. The van der Waals surface area contributed by atoms with Gasteiger partial charge in [0, 0.05) is 25.2 Å². The molecule has 3 aromatic rings. The van der Waals surface area contributed by atoms with E-state index in [1.165, 1.54) is 4.31 Å². The average Bonchev–Trinajstić information content (AvgIpc) is 3.34. The number of thiophene rings is 1. The van der Waals surface area contributed by atoms with Gasteiger partial charge in [0.25, 0.3) is 10.0 Å². The van der Waals surface area contributed by atoms with Gasteiger partial charge in [-0.3, -0.25) is 4.79 Å². The van der Waals surface area contributed by atoms with E-state index in [4.69, 9.17) is 4.42 Å². The standard InChI is InChI=1S/C17H17N3O4S2/c1-11-18-13-7-6-12(10-15(13)24-11)19-17(21)14-4-2-8-20(14)26(22,23)16-5-3-9-25-16/h3,5-7,9-10,14H,2,4,8H2,1H3,(H,19,21)/t14-/m1/s1. The molecule has 0 bridgehead atoms. The van der Waals surface area contributed by atoms with Crippen molar-refractivity contribution in [3.63, 3.8) is 0 Å². The smallest absolute Gasteiger partial charge is 0.253 e. The maximum atomic E-state index is 12.8. The largest absolute Gasteiger partial charge is 0.441 e. The molecule has 4 rings (SSSR count). The number of nitrogens with one attached hydrogen (secondary N) is 1. The van der Waals surface area contributed by atoms with Crippen LogP contribution in [-0.2, 0) is 14.8 Å². The molecule has 0 unspecified atom stereocenters. The summed E-state index contributed by atoms with van der Waals surface area (Å²) < 4.78 is 32.6. The van der Waals surface area contributed by atoms with E-state index in [1.807, 2.05) is 0 Å². The minimum Gasteiger partial charge on any atom is -0.441 e. The summed E-state index contributed by atoms with van der Waals surface area (Å²) in [6.45, 7) is 2.10. The Labute approximate surface area is 154 Å². The van der Waals surface area contributed by atoms with Crippen molar-refractivity contribution >= 4 is 44.1 Å². The van der Waals surface area contributed by atoms with Crippen LogP contribution in [-0.4, -0.2) is 36.2 Å². The van der Waals surface area contributed by atoms with Crippen molar-refractivity contribution in [2.75, 3.05) is 11.9 Å². The van der Waals surface area contributed by atoms with E-state index in [-0.39, 0.29) is 10.1 Å². The minimum atomic E-state index is -3.65. The maximum absolute atomic E-state index is 12.8. The zero-order valence-corrected chi connectivity index (χ0v) is 15.6. The molecule has 0 saturated carbocycles. The van der Waals surface area contributed by atoms with Crippen LogP contribution >= 0.6 is 11.3 Å². The fraction of sp³-hybridized carbons (Fsp3) is 0.294. The lowest BCUT2D eigenvalue weighted by Gasteiger charge is -2.22. The molecule has 2 aromatic heterocycles. The summed E-state index contributed by atoms with van der Waals surface area (Å²) in [5.74, 6) is 0.214. The fourth-order valence-corrected chi connectivity index (χ4v) is 5.93. The normalized spacial score (nSPS) is 18.4. The van der Waals surface area contributed by atoms with E-state index >= 15 is 0 Å². The molecular weight excluding hydrogens is 374 g/mol. The second-order valence-electron chi connectivity index (χ2n) is 6.11. The molecule has 1 saturated heterocycles. The number of nitrogens with zero attached hydrogens (tertiary/aromatic N) is 2. The van der Waals surface area contributed by atoms with E-state index in [1.54, 1.807) is 42.6 Å². The molecule has 136 valence electrons. The molecule has 9 heteroatoms. The molecule has 26 heavy (non-hydrogen) atoms. The SMILES string of the molecule is Cc1nc2ccc(NC(=O)[C@H]3CCCN3S(=O)(=O)c3cccs3)cc2o1. The number of benzene rings is 1. The lowest BCUT2D eigenvalue weighted by molar-refractivity contribution is -0.119. The van der Waals surface area contributed by atoms with Crippen LogP contribution in [0.5, 0.6) is 0 Å². The van der Waals surface area contributed by atoms with E-state index in [2.05, 4.69) is 10.3 Å². The van der Waals surface area contributed by atoms with Gasteiger partial charge in [-0.2, -0.15) is 4.31 Å². The lowest BCUT2D eigenvalue weighted by Crippen LogP contribution is -2.42. The number of oxazole rings is 1. The third-order valence-electron chi connectivity index (χ3n) is 4.33. The summed E-state index contributed by atoms with van der Waals surface area (Å²) in [5.41, 5.74) is 1.84. The predicted molar refractivity (Wildman–Crippen MR) is 98.6 cm³/mol. The van der Waals surface area contributed by atoms with Crippen LogP contribution in [0.4, 0.5) is 5.69 Å². The number of anilines is 1. The highest BCUT2D eigenvalue weighted by molar-refractivity contribution is 7.91. The minimum absolute atomic E-state index is 0.260. The molecule has 0 spiro atoms. The average molecular weight is 391 g/mol. The summed E-state index contributed by atoms with van der Waals surface area (Å²) in [6.07, 6.45) is 1.16. The molecule has 7 nitrogen and oxygen atoms in total. The number of amides is 1. The first kappa shape index (κ1) is 17.2. The Balaban J connectivity index is 1.56. The third-order valence-corrected chi connectivity index (χ3v) is 7.61. The van der Waals surface area contributed by atoms with E-state index in [0.717, 1.165) is 11.3 Å². The van der Waals surface area contributed by atoms with Crippen molar-refractivity contribution in [3.05, 3.63) is 41.6 Å². The van der Waals surface area contributed by atoms with E-state index in [0.29, 0.717) is 42.1 Å². The van der Waals surface area contributed by atoms with Gasteiger partial charge in [0.15, 0.2) is 11.5 Å². The Hall–Kier alpha value is -2.23. The monoisotopic (exact) mass is 391 g/mol. The number of sulfonamides is 1. The summed E-state index contributed by atoms with van der Waals surface area (Å²) in [5, 5.41) is 4.52. The molecule has 1 atom stereocenters. The van der Waals surface area contributed by atoms with Crippen molar-refractivity contribution in [3.8, 4) is 0 Å². The van der Waals surface area contributed by atoms with Crippen LogP contribution in [0.15, 0.2) is 44.3 Å². The first-order valence-electron chi connectivity index (χ1n) is 8.18. The molecular formula is C17H17N3O4S2. The van der Waals surface area contributed by atoms with Crippen LogP contribution in [0, 0.1) is 6.92 Å². The van der Waals surface area contributed by atoms with Crippen LogP contribution < -0.4 is 5.32 Å². The Bertz CT molecular complexity index is 1060. The van der Waals surface area contributed by atoms with Crippen LogP contribution in [0.2, 0.25) is 0 Å². The quantitative estimate of drug-likeness (QED) is 0.738. The van der Waals surface area contributed by atoms with Gasteiger partial charge in [0.05, 0.1) is 0 Å². The van der Waals surface area contributed by atoms with Gasteiger partial charge in [0.1, 0.15) is 15.8 Å². The van der Waals surface area contributed by atoms with Crippen molar-refractivity contribution in [2.45, 2.75) is 30.0 Å². The summed E-state index contributed by atoms with van der Waals surface area (Å²) >= 11 is 1.16. The second kappa shape index (κ2) is 6.49. The predicted octanol–water partition coefficient (Wildman–Crippen LogP) is 2.99. The lowest BCUT2D eigenvalue weighted by atomic mass is 10.2. The summed E-state index contributed by atoms with van der Waals surface area (Å²) in [6, 6.07) is 7.73. The number of hydrogen-bond donors (Lipinski definition) is 1. The van der Waals surface area contributed by atoms with Gasteiger partial charge in [-0.15, -0.1) is 11.3 Å².